The SMILES string of the molecule is N#Cc1ccc(-c2nc3ccccc3c3c2ccc2nc(-c4ccccc4)c(-c4ccccc4)nc23)cc1. The second-order valence-corrected chi connectivity index (χ2v) is 9.18. The zero-order valence-corrected chi connectivity index (χ0v) is 20.3. The summed E-state index contributed by atoms with van der Waals surface area (Å²) in [5, 5.41) is 12.3. The zero-order valence-electron chi connectivity index (χ0n) is 20.3. The first-order chi connectivity index (χ1) is 18.8. The van der Waals surface area contributed by atoms with Crippen LogP contribution in [0.3, 0.4) is 0 Å². The van der Waals surface area contributed by atoms with Crippen molar-refractivity contribution in [3.63, 3.8) is 0 Å². The monoisotopic (exact) mass is 484 g/mol. The van der Waals surface area contributed by atoms with E-state index in [1.54, 1.807) is 0 Å². The van der Waals surface area contributed by atoms with E-state index in [1.807, 2.05) is 84.9 Å². The normalized spacial score (nSPS) is 11.1. The molecule has 0 aliphatic carbocycles. The van der Waals surface area contributed by atoms with Crippen molar-refractivity contribution >= 4 is 32.7 Å². The molecule has 0 N–H and O–H groups in total. The van der Waals surface area contributed by atoms with Crippen molar-refractivity contribution < 1.29 is 0 Å². The van der Waals surface area contributed by atoms with E-state index in [4.69, 9.17) is 15.0 Å². The van der Waals surface area contributed by atoms with Gasteiger partial charge in [-0.15, -0.1) is 0 Å². The quantitative estimate of drug-likeness (QED) is 0.237. The van der Waals surface area contributed by atoms with E-state index in [9.17, 15) is 5.26 Å². The summed E-state index contributed by atoms with van der Waals surface area (Å²) in [5.74, 6) is 0. The van der Waals surface area contributed by atoms with Crippen LogP contribution in [-0.4, -0.2) is 15.0 Å². The molecule has 0 amide bonds. The van der Waals surface area contributed by atoms with Crippen molar-refractivity contribution in [2.75, 3.05) is 0 Å². The number of pyridine rings is 1. The van der Waals surface area contributed by atoms with Crippen molar-refractivity contribution in [2.24, 2.45) is 0 Å². The lowest BCUT2D eigenvalue weighted by atomic mass is 9.97. The fourth-order valence-electron chi connectivity index (χ4n) is 5.07. The van der Waals surface area contributed by atoms with Gasteiger partial charge in [0, 0.05) is 32.8 Å². The number of nitrogens with zero attached hydrogens (tertiary/aromatic N) is 4. The standard InChI is InChI=1S/C34H20N4/c35-21-22-15-17-25(18-16-22)31-27-19-20-29-34(30(27)26-13-7-8-14-28(26)36-31)38-33(24-11-5-2-6-12-24)32(37-29)23-9-3-1-4-10-23/h1-20H. The van der Waals surface area contributed by atoms with Gasteiger partial charge >= 0.3 is 0 Å². The predicted molar refractivity (Wildman–Crippen MR) is 153 cm³/mol. The van der Waals surface area contributed by atoms with Crippen molar-refractivity contribution in [1.82, 2.24) is 15.0 Å². The molecule has 2 heterocycles. The molecular formula is C34H20N4. The summed E-state index contributed by atoms with van der Waals surface area (Å²) in [4.78, 5) is 15.6. The topological polar surface area (TPSA) is 62.5 Å². The molecule has 38 heavy (non-hydrogen) atoms. The molecule has 0 atom stereocenters. The van der Waals surface area contributed by atoms with Crippen molar-refractivity contribution in [3.05, 3.63) is 127 Å². The summed E-state index contributed by atoms with van der Waals surface area (Å²) in [6.45, 7) is 0. The maximum Gasteiger partial charge on any atom is 0.0991 e. The molecule has 176 valence electrons. The summed E-state index contributed by atoms with van der Waals surface area (Å²) < 4.78 is 0. The van der Waals surface area contributed by atoms with Gasteiger partial charge < -0.3 is 0 Å². The van der Waals surface area contributed by atoms with Gasteiger partial charge in [0.1, 0.15) is 0 Å². The Hall–Kier alpha value is -5.40. The van der Waals surface area contributed by atoms with Crippen LogP contribution < -0.4 is 0 Å². The molecule has 0 saturated heterocycles. The van der Waals surface area contributed by atoms with E-state index in [-0.39, 0.29) is 0 Å². The summed E-state index contributed by atoms with van der Waals surface area (Å²) in [5.41, 5.74) is 8.75. The lowest BCUT2D eigenvalue weighted by molar-refractivity contribution is 1.30. The summed E-state index contributed by atoms with van der Waals surface area (Å²) >= 11 is 0. The van der Waals surface area contributed by atoms with Crippen LogP contribution in [-0.2, 0) is 0 Å². The molecule has 0 spiro atoms. The van der Waals surface area contributed by atoms with Gasteiger partial charge in [0.2, 0.25) is 0 Å². The summed E-state index contributed by atoms with van der Waals surface area (Å²) in [7, 11) is 0. The Bertz CT molecular complexity index is 2010. The van der Waals surface area contributed by atoms with E-state index in [2.05, 4.69) is 42.5 Å². The number of hydrogen-bond donors (Lipinski definition) is 0. The number of hydrogen-bond acceptors (Lipinski definition) is 4. The van der Waals surface area contributed by atoms with Gasteiger partial charge in [0.05, 0.1) is 45.3 Å². The number of benzene rings is 5. The van der Waals surface area contributed by atoms with Crippen LogP contribution in [0.2, 0.25) is 0 Å². The van der Waals surface area contributed by atoms with Crippen LogP contribution in [0.15, 0.2) is 121 Å². The van der Waals surface area contributed by atoms with Crippen molar-refractivity contribution in [2.45, 2.75) is 0 Å². The largest absolute Gasteiger partial charge is 0.247 e. The average molecular weight is 485 g/mol. The highest BCUT2D eigenvalue weighted by Crippen LogP contribution is 2.38. The first-order valence-corrected chi connectivity index (χ1v) is 12.4. The molecule has 0 bridgehead atoms. The molecule has 0 radical (unpaired) electrons. The van der Waals surface area contributed by atoms with E-state index < -0.39 is 0 Å². The Morgan fingerprint density at radius 3 is 1.71 bits per heavy atom. The van der Waals surface area contributed by atoms with Crippen LogP contribution in [0.25, 0.3) is 66.5 Å². The highest BCUT2D eigenvalue weighted by molar-refractivity contribution is 6.21. The first kappa shape index (κ1) is 21.8. The van der Waals surface area contributed by atoms with Gasteiger partial charge in [-0.25, -0.2) is 15.0 Å². The average Bonchev–Trinajstić information content (AvgIpc) is 3.00. The fourth-order valence-corrected chi connectivity index (χ4v) is 5.07. The molecule has 4 nitrogen and oxygen atoms in total. The van der Waals surface area contributed by atoms with Crippen LogP contribution in [0.1, 0.15) is 5.56 Å². The Morgan fingerprint density at radius 1 is 0.447 bits per heavy atom. The molecule has 0 aliphatic heterocycles. The first-order valence-electron chi connectivity index (χ1n) is 12.4. The molecule has 5 aromatic carbocycles. The number of aromatic nitrogens is 3. The van der Waals surface area contributed by atoms with E-state index >= 15 is 0 Å². The van der Waals surface area contributed by atoms with E-state index in [1.165, 1.54) is 0 Å². The second kappa shape index (κ2) is 8.92. The third-order valence-corrected chi connectivity index (χ3v) is 6.88. The maximum atomic E-state index is 9.27. The van der Waals surface area contributed by atoms with Gasteiger partial charge in [-0.05, 0) is 30.3 Å². The molecule has 0 aliphatic rings. The van der Waals surface area contributed by atoms with Crippen molar-refractivity contribution in [3.8, 4) is 39.8 Å². The lowest BCUT2D eigenvalue weighted by Gasteiger charge is -2.15. The molecule has 7 aromatic rings. The van der Waals surface area contributed by atoms with Gasteiger partial charge in [0.25, 0.3) is 0 Å². The highest BCUT2D eigenvalue weighted by atomic mass is 14.8. The minimum Gasteiger partial charge on any atom is -0.247 e. The Kier molecular flexibility index (Phi) is 5.13. The molecule has 4 heteroatoms. The predicted octanol–water partition coefficient (Wildman–Crippen LogP) is 8.20. The second-order valence-electron chi connectivity index (χ2n) is 9.18. The van der Waals surface area contributed by atoms with Crippen LogP contribution in [0, 0.1) is 11.3 Å². The zero-order chi connectivity index (χ0) is 25.5. The number of para-hydroxylation sites is 1. The van der Waals surface area contributed by atoms with Crippen LogP contribution in [0.4, 0.5) is 0 Å². The van der Waals surface area contributed by atoms with E-state index in [0.29, 0.717) is 5.56 Å². The highest BCUT2D eigenvalue weighted by Gasteiger charge is 2.18. The third-order valence-electron chi connectivity index (χ3n) is 6.88. The Balaban J connectivity index is 1.61. The van der Waals surface area contributed by atoms with Gasteiger partial charge in [0.15, 0.2) is 0 Å². The Labute approximate surface area is 219 Å². The minimum atomic E-state index is 0.621. The maximum absolute atomic E-state index is 9.27. The van der Waals surface area contributed by atoms with Crippen molar-refractivity contribution in [1.29, 1.82) is 5.26 Å². The smallest absolute Gasteiger partial charge is 0.0991 e. The fraction of sp³-hybridized carbons (Fsp3) is 0. The molecular weight excluding hydrogens is 464 g/mol. The van der Waals surface area contributed by atoms with Crippen LogP contribution in [0.5, 0.6) is 0 Å². The number of nitriles is 1. The lowest BCUT2D eigenvalue weighted by Crippen LogP contribution is -1.98. The molecule has 0 fully saturated rings. The minimum absolute atomic E-state index is 0.621. The van der Waals surface area contributed by atoms with Gasteiger partial charge in [-0.1, -0.05) is 91.0 Å². The van der Waals surface area contributed by atoms with Gasteiger partial charge in [-0.2, -0.15) is 5.26 Å². The molecule has 2 aromatic heterocycles. The molecule has 0 unspecified atom stereocenters. The van der Waals surface area contributed by atoms with Gasteiger partial charge in [-0.3, -0.25) is 0 Å². The van der Waals surface area contributed by atoms with Crippen LogP contribution >= 0.6 is 0 Å². The Morgan fingerprint density at radius 2 is 1.03 bits per heavy atom. The number of fused-ring (bicyclic) bond motifs is 5. The number of rotatable bonds is 3. The molecule has 0 saturated carbocycles. The summed E-state index contributed by atoms with van der Waals surface area (Å²) in [6, 6.07) is 42.5. The molecule has 7 rings (SSSR count). The van der Waals surface area contributed by atoms with E-state index in [0.717, 1.165) is 66.5 Å². The summed E-state index contributed by atoms with van der Waals surface area (Å²) in [6.07, 6.45) is 0. The third kappa shape index (κ3) is 3.57.